The van der Waals surface area contributed by atoms with E-state index in [-0.39, 0.29) is 0 Å². The van der Waals surface area contributed by atoms with Crippen LogP contribution in [0.3, 0.4) is 0 Å². The molecule has 0 aromatic heterocycles. The minimum Gasteiger partial charge on any atom is -0.388 e. The lowest BCUT2D eigenvalue weighted by molar-refractivity contribution is 0.0961. The van der Waals surface area contributed by atoms with Gasteiger partial charge in [-0.3, -0.25) is 0 Å². The van der Waals surface area contributed by atoms with Crippen molar-refractivity contribution in [1.82, 2.24) is 0 Å². The molecular formula is C23H36O2. The molecule has 4 unspecified atom stereocenters. The van der Waals surface area contributed by atoms with E-state index in [2.05, 4.69) is 39.5 Å². The van der Waals surface area contributed by atoms with E-state index in [9.17, 15) is 10.2 Å². The summed E-state index contributed by atoms with van der Waals surface area (Å²) in [7, 11) is 0. The Morgan fingerprint density at radius 2 is 1.88 bits per heavy atom. The second-order valence-corrected chi connectivity index (χ2v) is 9.06. The summed E-state index contributed by atoms with van der Waals surface area (Å²) in [4.78, 5) is 0. The van der Waals surface area contributed by atoms with Crippen molar-refractivity contribution in [2.75, 3.05) is 0 Å². The fraction of sp³-hybridized carbons (Fsp3) is 0.739. The van der Waals surface area contributed by atoms with E-state index in [1.54, 1.807) is 5.57 Å². The number of fused-ring (bicyclic) bond motifs is 1. The van der Waals surface area contributed by atoms with Gasteiger partial charge in [-0.05, 0) is 73.7 Å². The predicted octanol–water partition coefficient (Wildman–Crippen LogP) is 5.17. The van der Waals surface area contributed by atoms with Crippen molar-refractivity contribution in [2.45, 2.75) is 84.3 Å². The van der Waals surface area contributed by atoms with Crippen LogP contribution in [0.5, 0.6) is 0 Å². The molecule has 3 rings (SSSR count). The Morgan fingerprint density at radius 1 is 1.20 bits per heavy atom. The first-order valence-corrected chi connectivity index (χ1v) is 10.3. The summed E-state index contributed by atoms with van der Waals surface area (Å²) in [6, 6.07) is 0. The van der Waals surface area contributed by atoms with Gasteiger partial charge in [0.15, 0.2) is 0 Å². The summed E-state index contributed by atoms with van der Waals surface area (Å²) in [5.74, 6) is 2.41. The molecule has 2 heteroatoms. The van der Waals surface area contributed by atoms with Crippen LogP contribution in [0.15, 0.2) is 35.5 Å². The van der Waals surface area contributed by atoms with Crippen molar-refractivity contribution in [2.24, 2.45) is 23.2 Å². The van der Waals surface area contributed by atoms with E-state index in [0.29, 0.717) is 23.8 Å². The Morgan fingerprint density at radius 3 is 2.52 bits per heavy atom. The number of aliphatic hydroxyl groups excluding tert-OH is 2. The van der Waals surface area contributed by atoms with Crippen LogP contribution >= 0.6 is 0 Å². The molecule has 2 nitrogen and oxygen atoms in total. The van der Waals surface area contributed by atoms with Crippen molar-refractivity contribution >= 4 is 0 Å². The average molecular weight is 345 g/mol. The third-order valence-corrected chi connectivity index (χ3v) is 7.67. The van der Waals surface area contributed by atoms with Crippen molar-refractivity contribution in [3.05, 3.63) is 35.5 Å². The molecule has 140 valence electrons. The molecule has 0 bridgehead atoms. The lowest BCUT2D eigenvalue weighted by Gasteiger charge is -2.44. The zero-order chi connectivity index (χ0) is 18.2. The highest BCUT2D eigenvalue weighted by atomic mass is 16.3. The maximum atomic E-state index is 10.0. The molecule has 0 amide bonds. The molecule has 3 aliphatic rings. The van der Waals surface area contributed by atoms with Crippen LogP contribution in [0.2, 0.25) is 0 Å². The molecule has 25 heavy (non-hydrogen) atoms. The second kappa shape index (κ2) is 7.40. The Balaban J connectivity index is 1.78. The first-order valence-electron chi connectivity index (χ1n) is 10.3. The van der Waals surface area contributed by atoms with Gasteiger partial charge >= 0.3 is 0 Å². The number of hydrogen-bond acceptors (Lipinski definition) is 2. The van der Waals surface area contributed by atoms with Gasteiger partial charge in [-0.2, -0.15) is 0 Å². The first-order chi connectivity index (χ1) is 11.9. The van der Waals surface area contributed by atoms with Gasteiger partial charge in [0.05, 0.1) is 12.2 Å². The van der Waals surface area contributed by atoms with Gasteiger partial charge in [0.1, 0.15) is 0 Å². The standard InChI is InChI=1S/C23H36O2/c1-5-15(2)19-10-11-20-18(7-6-12-23(19,20)4)9-8-17-13-21(24)16(3)22(25)14-17/h8-9,15,19-22,24-25H,3,5-7,10-14H2,1-2,4H3/b17-8?,18-9+/t15?,19?,20-,21+,22?,23?/m0/s1. The van der Waals surface area contributed by atoms with Gasteiger partial charge in [-0.15, -0.1) is 0 Å². The molecule has 0 spiro atoms. The number of allylic oxidation sites excluding steroid dienone is 3. The second-order valence-electron chi connectivity index (χ2n) is 9.06. The Labute approximate surface area is 153 Å². The summed E-state index contributed by atoms with van der Waals surface area (Å²) in [5.41, 5.74) is 3.81. The first kappa shape index (κ1) is 18.9. The van der Waals surface area contributed by atoms with E-state index < -0.39 is 12.2 Å². The van der Waals surface area contributed by atoms with Gasteiger partial charge in [0.25, 0.3) is 0 Å². The van der Waals surface area contributed by atoms with Crippen molar-refractivity contribution < 1.29 is 10.2 Å². The van der Waals surface area contributed by atoms with E-state index >= 15 is 0 Å². The van der Waals surface area contributed by atoms with Crippen molar-refractivity contribution in [1.29, 1.82) is 0 Å². The Kier molecular flexibility index (Phi) is 5.60. The zero-order valence-electron chi connectivity index (χ0n) is 16.3. The number of aliphatic hydroxyl groups is 2. The lowest BCUT2D eigenvalue weighted by atomic mass is 9.61. The fourth-order valence-corrected chi connectivity index (χ4v) is 5.92. The molecule has 0 saturated heterocycles. The molecule has 6 atom stereocenters. The minimum absolute atomic E-state index is 0.470. The Hall–Kier alpha value is -0.860. The molecule has 0 heterocycles. The Bertz CT molecular complexity index is 557. The molecule has 0 aliphatic heterocycles. The summed E-state index contributed by atoms with van der Waals surface area (Å²) in [6.07, 6.45) is 12.5. The number of rotatable bonds is 3. The van der Waals surface area contributed by atoms with E-state index in [1.807, 2.05) is 0 Å². The molecule has 0 aromatic rings. The molecule has 3 aliphatic carbocycles. The molecule has 0 aromatic carbocycles. The summed E-state index contributed by atoms with van der Waals surface area (Å²) in [5, 5.41) is 20.1. The van der Waals surface area contributed by atoms with Crippen molar-refractivity contribution in [3.63, 3.8) is 0 Å². The topological polar surface area (TPSA) is 40.5 Å². The molecular weight excluding hydrogens is 308 g/mol. The quantitative estimate of drug-likeness (QED) is 0.693. The lowest BCUT2D eigenvalue weighted by Crippen LogP contribution is -2.35. The van der Waals surface area contributed by atoms with Crippen LogP contribution in [-0.2, 0) is 0 Å². The third-order valence-electron chi connectivity index (χ3n) is 7.67. The van der Waals surface area contributed by atoms with Gasteiger partial charge in [0.2, 0.25) is 0 Å². The maximum Gasteiger partial charge on any atom is 0.0809 e. The normalized spacial score (nSPS) is 43.5. The zero-order valence-corrected chi connectivity index (χ0v) is 16.3. The van der Waals surface area contributed by atoms with Crippen LogP contribution < -0.4 is 0 Å². The van der Waals surface area contributed by atoms with Gasteiger partial charge in [0, 0.05) is 0 Å². The maximum absolute atomic E-state index is 10.0. The summed E-state index contributed by atoms with van der Waals surface area (Å²) < 4.78 is 0. The highest BCUT2D eigenvalue weighted by Gasteiger charge is 2.50. The SMILES string of the molecule is C=C1C(O)CC(=C/C=C2\CCCC3(C)C(C(C)CC)CC[C@@H]23)C[C@H]1O. The van der Waals surface area contributed by atoms with Crippen LogP contribution in [-0.4, -0.2) is 22.4 Å². The van der Waals surface area contributed by atoms with Gasteiger partial charge in [-0.25, -0.2) is 0 Å². The smallest absolute Gasteiger partial charge is 0.0809 e. The molecule has 2 N–H and O–H groups in total. The van der Waals surface area contributed by atoms with Crippen LogP contribution in [0.1, 0.15) is 72.1 Å². The van der Waals surface area contributed by atoms with E-state index in [1.165, 1.54) is 38.5 Å². The van der Waals surface area contributed by atoms with Crippen LogP contribution in [0, 0.1) is 23.2 Å². The minimum atomic E-state index is -0.591. The van der Waals surface area contributed by atoms with Crippen LogP contribution in [0.25, 0.3) is 0 Å². The number of hydrogen-bond donors (Lipinski definition) is 2. The molecule has 3 fully saturated rings. The van der Waals surface area contributed by atoms with Crippen LogP contribution in [0.4, 0.5) is 0 Å². The highest BCUT2D eigenvalue weighted by molar-refractivity contribution is 5.29. The molecule has 0 radical (unpaired) electrons. The predicted molar refractivity (Wildman–Crippen MR) is 104 cm³/mol. The van der Waals surface area contributed by atoms with Gasteiger partial charge in [-0.1, -0.05) is 57.1 Å². The largest absolute Gasteiger partial charge is 0.388 e. The summed E-state index contributed by atoms with van der Waals surface area (Å²) >= 11 is 0. The van der Waals surface area contributed by atoms with E-state index in [4.69, 9.17) is 0 Å². The fourth-order valence-electron chi connectivity index (χ4n) is 5.92. The summed E-state index contributed by atoms with van der Waals surface area (Å²) in [6.45, 7) is 11.1. The van der Waals surface area contributed by atoms with Gasteiger partial charge < -0.3 is 10.2 Å². The van der Waals surface area contributed by atoms with E-state index in [0.717, 1.165) is 23.3 Å². The monoisotopic (exact) mass is 344 g/mol. The van der Waals surface area contributed by atoms with Crippen molar-refractivity contribution in [3.8, 4) is 0 Å². The average Bonchev–Trinajstić information content (AvgIpc) is 2.94. The highest BCUT2D eigenvalue weighted by Crippen LogP contribution is 2.59. The third kappa shape index (κ3) is 3.53. The molecule has 3 saturated carbocycles.